The molecule has 0 bridgehead atoms. The van der Waals surface area contributed by atoms with E-state index < -0.39 is 10.8 Å². The quantitative estimate of drug-likeness (QED) is 0.362. The van der Waals surface area contributed by atoms with Gasteiger partial charge in [0.05, 0.1) is 22.9 Å². The van der Waals surface area contributed by atoms with E-state index in [0.29, 0.717) is 17.8 Å². The van der Waals surface area contributed by atoms with Gasteiger partial charge in [0, 0.05) is 18.3 Å². The van der Waals surface area contributed by atoms with E-state index in [9.17, 15) is 14.9 Å². The summed E-state index contributed by atoms with van der Waals surface area (Å²) < 4.78 is 6.82. The summed E-state index contributed by atoms with van der Waals surface area (Å²) in [6.07, 6.45) is 2.02. The Morgan fingerprint density at radius 3 is 2.67 bits per heavy atom. The average Bonchev–Trinajstić information content (AvgIpc) is 3.16. The minimum atomic E-state index is -0.575. The Bertz CT molecular complexity index is 937. The molecule has 0 saturated heterocycles. The molecule has 27 heavy (non-hydrogen) atoms. The van der Waals surface area contributed by atoms with Gasteiger partial charge in [-0.2, -0.15) is 5.10 Å². The van der Waals surface area contributed by atoms with Crippen LogP contribution in [0.25, 0.3) is 5.69 Å². The average molecular weight is 365 g/mol. The maximum Gasteiger partial charge on any atom is 0.315 e. The summed E-state index contributed by atoms with van der Waals surface area (Å²) in [6, 6.07) is 17.5. The van der Waals surface area contributed by atoms with E-state index in [1.165, 1.54) is 12.1 Å². The number of nitro groups is 1. The maximum absolute atomic E-state index is 12.6. The molecule has 0 radical (unpaired) electrons. The molecule has 0 N–H and O–H groups in total. The molecule has 0 saturated carbocycles. The number of hydrogen-bond donors (Lipinski definition) is 0. The number of nitro benzene ring substituents is 1. The van der Waals surface area contributed by atoms with Crippen molar-refractivity contribution in [1.29, 1.82) is 0 Å². The Balaban J connectivity index is 2.01. The van der Waals surface area contributed by atoms with Crippen LogP contribution >= 0.6 is 0 Å². The van der Waals surface area contributed by atoms with Crippen molar-refractivity contribution < 1.29 is 14.5 Å². The molecule has 0 aliphatic heterocycles. The first-order valence-electron chi connectivity index (χ1n) is 8.59. The summed E-state index contributed by atoms with van der Waals surface area (Å²) in [5, 5.41) is 15.4. The first-order valence-corrected chi connectivity index (χ1v) is 8.59. The van der Waals surface area contributed by atoms with Gasteiger partial charge in [-0.15, -0.1) is 0 Å². The number of esters is 1. The molecule has 0 fully saturated rings. The number of non-ortho nitro benzene ring substituents is 1. The molecule has 7 heteroatoms. The second-order valence-corrected chi connectivity index (χ2v) is 5.94. The van der Waals surface area contributed by atoms with Gasteiger partial charge in [0.2, 0.25) is 0 Å². The molecular formula is C20H19N3O4. The summed E-state index contributed by atoms with van der Waals surface area (Å²) in [6.45, 7) is 2.03. The second-order valence-electron chi connectivity index (χ2n) is 5.94. The smallest absolute Gasteiger partial charge is 0.315 e. The molecule has 2 aromatic carbocycles. The van der Waals surface area contributed by atoms with Gasteiger partial charge in [0.1, 0.15) is 5.92 Å². The zero-order valence-corrected chi connectivity index (χ0v) is 14.8. The summed E-state index contributed by atoms with van der Waals surface area (Å²) >= 11 is 0. The van der Waals surface area contributed by atoms with Gasteiger partial charge < -0.3 is 4.74 Å². The lowest BCUT2D eigenvalue weighted by Crippen LogP contribution is -2.21. The molecule has 0 spiro atoms. The lowest BCUT2D eigenvalue weighted by Gasteiger charge is -2.17. The molecule has 3 aromatic rings. The molecular weight excluding hydrogens is 346 g/mol. The Hall–Kier alpha value is -3.48. The first-order chi connectivity index (χ1) is 13.1. The van der Waals surface area contributed by atoms with Crippen LogP contribution in [-0.2, 0) is 16.0 Å². The van der Waals surface area contributed by atoms with Crippen molar-refractivity contribution in [2.24, 2.45) is 0 Å². The third kappa shape index (κ3) is 4.20. The Labute approximate surface area is 156 Å². The Morgan fingerprint density at radius 1 is 1.19 bits per heavy atom. The number of benzene rings is 2. The van der Waals surface area contributed by atoms with Gasteiger partial charge in [-0.25, -0.2) is 4.68 Å². The molecule has 1 aromatic heterocycles. The van der Waals surface area contributed by atoms with Crippen molar-refractivity contribution in [3.05, 3.63) is 88.2 Å². The highest BCUT2D eigenvalue weighted by molar-refractivity contribution is 5.78. The van der Waals surface area contributed by atoms with E-state index in [-0.39, 0.29) is 18.3 Å². The number of nitrogens with zero attached hydrogens (tertiary/aromatic N) is 3. The third-order valence-electron chi connectivity index (χ3n) is 4.17. The molecule has 0 amide bonds. The van der Waals surface area contributed by atoms with Crippen LogP contribution in [0.4, 0.5) is 5.69 Å². The SMILES string of the molecule is CCOC(=O)[C@@H](Cc1ccccc1)c1ccnn1-c1cccc([N+](=O)[O-])c1. The van der Waals surface area contributed by atoms with Crippen molar-refractivity contribution in [2.75, 3.05) is 6.61 Å². The van der Waals surface area contributed by atoms with Crippen molar-refractivity contribution in [3.63, 3.8) is 0 Å². The fraction of sp³-hybridized carbons (Fsp3) is 0.200. The number of aromatic nitrogens is 2. The predicted molar refractivity (Wildman–Crippen MR) is 99.7 cm³/mol. The van der Waals surface area contributed by atoms with Crippen LogP contribution in [0.15, 0.2) is 66.9 Å². The van der Waals surface area contributed by atoms with Gasteiger partial charge in [-0.3, -0.25) is 14.9 Å². The van der Waals surface area contributed by atoms with E-state index in [2.05, 4.69) is 5.10 Å². The third-order valence-corrected chi connectivity index (χ3v) is 4.17. The minimum absolute atomic E-state index is 0.0373. The van der Waals surface area contributed by atoms with Gasteiger partial charge >= 0.3 is 5.97 Å². The Morgan fingerprint density at radius 2 is 1.96 bits per heavy atom. The van der Waals surface area contributed by atoms with E-state index in [1.807, 2.05) is 30.3 Å². The predicted octanol–water partition coefficient (Wildman–Crippen LogP) is 3.67. The van der Waals surface area contributed by atoms with Crippen molar-refractivity contribution in [2.45, 2.75) is 19.3 Å². The van der Waals surface area contributed by atoms with Crippen LogP contribution in [0.2, 0.25) is 0 Å². The molecule has 0 aliphatic carbocycles. The van der Waals surface area contributed by atoms with Crippen LogP contribution < -0.4 is 0 Å². The van der Waals surface area contributed by atoms with E-state index in [1.54, 1.807) is 36.0 Å². The number of hydrogen-bond acceptors (Lipinski definition) is 5. The fourth-order valence-electron chi connectivity index (χ4n) is 2.93. The highest BCUT2D eigenvalue weighted by Gasteiger charge is 2.27. The normalized spacial score (nSPS) is 11.7. The molecule has 0 unspecified atom stereocenters. The largest absolute Gasteiger partial charge is 0.465 e. The van der Waals surface area contributed by atoms with Gasteiger partial charge in [-0.05, 0) is 31.0 Å². The Kier molecular flexibility index (Phi) is 5.61. The number of carbonyl (C=O) groups is 1. The van der Waals surface area contributed by atoms with E-state index in [4.69, 9.17) is 4.74 Å². The minimum Gasteiger partial charge on any atom is -0.465 e. The molecule has 1 atom stereocenters. The standard InChI is InChI=1S/C20H19N3O4/c1-2-27-20(24)18(13-15-7-4-3-5-8-15)19-11-12-21-22(19)16-9-6-10-17(14-16)23(25)26/h3-12,14,18H,2,13H2,1H3/t18-/m0/s1. The van der Waals surface area contributed by atoms with E-state index in [0.717, 1.165) is 5.56 Å². The van der Waals surface area contributed by atoms with E-state index >= 15 is 0 Å². The fourth-order valence-corrected chi connectivity index (χ4v) is 2.93. The summed E-state index contributed by atoms with van der Waals surface area (Å²) in [5.41, 5.74) is 2.09. The maximum atomic E-state index is 12.6. The lowest BCUT2D eigenvalue weighted by molar-refractivity contribution is -0.384. The van der Waals surface area contributed by atoms with Crippen LogP contribution in [0, 0.1) is 10.1 Å². The van der Waals surface area contributed by atoms with Crippen molar-refractivity contribution in [1.82, 2.24) is 9.78 Å². The monoisotopic (exact) mass is 365 g/mol. The van der Waals surface area contributed by atoms with Crippen LogP contribution in [0.1, 0.15) is 24.1 Å². The van der Waals surface area contributed by atoms with Gasteiger partial charge in [0.15, 0.2) is 0 Å². The summed E-state index contributed by atoms with van der Waals surface area (Å²) in [4.78, 5) is 23.3. The number of rotatable bonds is 7. The molecule has 0 aliphatic rings. The summed E-state index contributed by atoms with van der Waals surface area (Å²) in [5.74, 6) is -0.928. The van der Waals surface area contributed by atoms with Gasteiger partial charge in [-0.1, -0.05) is 36.4 Å². The molecule has 7 nitrogen and oxygen atoms in total. The topological polar surface area (TPSA) is 87.3 Å². The lowest BCUT2D eigenvalue weighted by atomic mass is 9.96. The van der Waals surface area contributed by atoms with Crippen molar-refractivity contribution in [3.8, 4) is 5.69 Å². The molecule has 138 valence electrons. The molecule has 1 heterocycles. The van der Waals surface area contributed by atoms with Crippen LogP contribution in [0.5, 0.6) is 0 Å². The summed E-state index contributed by atoms with van der Waals surface area (Å²) in [7, 11) is 0. The zero-order valence-electron chi connectivity index (χ0n) is 14.8. The van der Waals surface area contributed by atoms with Crippen LogP contribution in [0.3, 0.4) is 0 Å². The number of carbonyl (C=O) groups excluding carboxylic acids is 1. The number of ether oxygens (including phenoxy) is 1. The second kappa shape index (κ2) is 8.27. The highest BCUT2D eigenvalue weighted by Crippen LogP contribution is 2.26. The zero-order chi connectivity index (χ0) is 19.2. The van der Waals surface area contributed by atoms with Gasteiger partial charge in [0.25, 0.3) is 5.69 Å². The molecule has 3 rings (SSSR count). The highest BCUT2D eigenvalue weighted by atomic mass is 16.6. The van der Waals surface area contributed by atoms with Crippen molar-refractivity contribution >= 4 is 11.7 Å². The van der Waals surface area contributed by atoms with Crippen LogP contribution in [-0.4, -0.2) is 27.3 Å². The first kappa shape index (κ1) is 18.3.